The second-order valence-electron chi connectivity index (χ2n) is 6.65. The molecule has 1 aliphatic rings. The molecule has 0 spiro atoms. The number of esters is 1. The van der Waals surface area contributed by atoms with Gasteiger partial charge in [0.2, 0.25) is 0 Å². The van der Waals surface area contributed by atoms with E-state index in [1.54, 1.807) is 0 Å². The molecule has 0 aromatic carbocycles. The van der Waals surface area contributed by atoms with Gasteiger partial charge in [-0.1, -0.05) is 6.07 Å². The van der Waals surface area contributed by atoms with Crippen molar-refractivity contribution < 1.29 is 18.8 Å². The van der Waals surface area contributed by atoms with Gasteiger partial charge in [-0.3, -0.25) is 9.78 Å². The third-order valence-electron chi connectivity index (χ3n) is 4.45. The van der Waals surface area contributed by atoms with Crippen molar-refractivity contribution >= 4 is 18.6 Å². The number of ether oxygens (including phenoxy) is 1. The molecule has 1 aliphatic heterocycles. The summed E-state index contributed by atoms with van der Waals surface area (Å²) in [6.45, 7) is 9.99. The maximum absolute atomic E-state index is 11.4. The topological polar surface area (TPSA) is 57.7 Å². The number of aryl methyl sites for hydroxylation is 2. The van der Waals surface area contributed by atoms with E-state index >= 15 is 0 Å². The quantitative estimate of drug-likeness (QED) is 0.627. The smallest absolute Gasteiger partial charge is 0.469 e. The number of pyridine rings is 1. The van der Waals surface area contributed by atoms with Crippen LogP contribution < -0.4 is 5.46 Å². The van der Waals surface area contributed by atoms with Crippen LogP contribution >= 0.6 is 0 Å². The second-order valence-corrected chi connectivity index (χ2v) is 6.65. The van der Waals surface area contributed by atoms with Crippen LogP contribution in [0.25, 0.3) is 0 Å². The molecule has 1 fully saturated rings. The number of carbonyl (C=O) groups excluding carboxylic acids is 1. The molecule has 5 nitrogen and oxygen atoms in total. The van der Waals surface area contributed by atoms with Crippen molar-refractivity contribution in [1.29, 1.82) is 0 Å². The van der Waals surface area contributed by atoms with Crippen LogP contribution in [0.5, 0.6) is 0 Å². The van der Waals surface area contributed by atoms with E-state index in [0.717, 1.165) is 16.9 Å². The molecule has 2 heterocycles. The van der Waals surface area contributed by atoms with Gasteiger partial charge in [-0.2, -0.15) is 0 Å². The lowest BCUT2D eigenvalue weighted by Crippen LogP contribution is -2.41. The summed E-state index contributed by atoms with van der Waals surface area (Å²) in [5.74, 6) is -0.247. The van der Waals surface area contributed by atoms with E-state index in [2.05, 4.69) is 4.98 Å². The lowest BCUT2D eigenvalue weighted by atomic mass is 9.77. The zero-order chi connectivity index (χ0) is 16.5. The molecular formula is C16H24BNO4. The van der Waals surface area contributed by atoms with Crippen LogP contribution in [0, 0.1) is 6.92 Å². The molecule has 0 N–H and O–H groups in total. The number of aromatic nitrogens is 1. The van der Waals surface area contributed by atoms with Crippen molar-refractivity contribution in [3.8, 4) is 0 Å². The fourth-order valence-corrected chi connectivity index (χ4v) is 2.33. The predicted octanol–water partition coefficient (Wildman–Crippen LogP) is 1.79. The third kappa shape index (κ3) is 3.33. The first-order valence-electron chi connectivity index (χ1n) is 7.55. The lowest BCUT2D eigenvalue weighted by molar-refractivity contribution is -0.140. The Morgan fingerprint density at radius 1 is 1.23 bits per heavy atom. The Labute approximate surface area is 132 Å². The van der Waals surface area contributed by atoms with E-state index in [9.17, 15) is 4.79 Å². The first-order valence-corrected chi connectivity index (χ1v) is 7.55. The molecule has 22 heavy (non-hydrogen) atoms. The first-order chi connectivity index (χ1) is 10.2. The van der Waals surface area contributed by atoms with Crippen LogP contribution in [0.1, 0.15) is 45.5 Å². The summed E-state index contributed by atoms with van der Waals surface area (Å²) in [4.78, 5) is 15.9. The zero-order valence-electron chi connectivity index (χ0n) is 14.2. The highest BCUT2D eigenvalue weighted by molar-refractivity contribution is 6.62. The van der Waals surface area contributed by atoms with Gasteiger partial charge in [0.1, 0.15) is 0 Å². The van der Waals surface area contributed by atoms with Gasteiger partial charge in [0.25, 0.3) is 0 Å². The fourth-order valence-electron chi connectivity index (χ4n) is 2.33. The third-order valence-corrected chi connectivity index (χ3v) is 4.45. The van der Waals surface area contributed by atoms with E-state index in [0.29, 0.717) is 12.8 Å². The highest BCUT2D eigenvalue weighted by Crippen LogP contribution is 2.36. The van der Waals surface area contributed by atoms with Crippen molar-refractivity contribution in [1.82, 2.24) is 4.98 Å². The lowest BCUT2D eigenvalue weighted by Gasteiger charge is -2.32. The molecule has 0 radical (unpaired) electrons. The summed E-state index contributed by atoms with van der Waals surface area (Å²) in [7, 11) is 0.923. The van der Waals surface area contributed by atoms with Crippen LogP contribution in [0.2, 0.25) is 0 Å². The minimum atomic E-state index is -0.467. The summed E-state index contributed by atoms with van der Waals surface area (Å²) in [6.07, 6.45) is 0.799. The molecule has 0 amide bonds. The normalized spacial score (nSPS) is 19.3. The van der Waals surface area contributed by atoms with Gasteiger partial charge in [0, 0.05) is 16.9 Å². The van der Waals surface area contributed by atoms with Gasteiger partial charge in [0.05, 0.1) is 24.7 Å². The van der Waals surface area contributed by atoms with Crippen molar-refractivity contribution in [3.63, 3.8) is 0 Å². The van der Waals surface area contributed by atoms with Crippen LogP contribution in [-0.4, -0.2) is 36.4 Å². The average molecular weight is 305 g/mol. The van der Waals surface area contributed by atoms with E-state index in [1.165, 1.54) is 7.11 Å². The highest BCUT2D eigenvalue weighted by atomic mass is 16.7. The molecule has 6 heteroatoms. The van der Waals surface area contributed by atoms with E-state index in [-0.39, 0.29) is 5.97 Å². The summed E-state index contributed by atoms with van der Waals surface area (Å²) in [6, 6.07) is 3.90. The second kappa shape index (κ2) is 6.01. The number of hydrogen-bond donors (Lipinski definition) is 0. The van der Waals surface area contributed by atoms with Gasteiger partial charge >= 0.3 is 13.1 Å². The molecule has 1 saturated heterocycles. The van der Waals surface area contributed by atoms with Crippen LogP contribution in [0.4, 0.5) is 0 Å². The molecule has 0 saturated carbocycles. The molecule has 0 atom stereocenters. The number of carbonyl (C=O) groups is 1. The summed E-state index contributed by atoms with van der Waals surface area (Å²) >= 11 is 0. The maximum atomic E-state index is 11.4. The Hall–Kier alpha value is -1.40. The Balaban J connectivity index is 2.26. The number of hydrogen-bond acceptors (Lipinski definition) is 5. The summed E-state index contributed by atoms with van der Waals surface area (Å²) in [5, 5.41) is 0. The van der Waals surface area contributed by atoms with Gasteiger partial charge in [0.15, 0.2) is 0 Å². The Bertz CT molecular complexity index is 555. The van der Waals surface area contributed by atoms with Crippen molar-refractivity contribution in [3.05, 3.63) is 23.5 Å². The monoisotopic (exact) mass is 305 g/mol. The zero-order valence-corrected chi connectivity index (χ0v) is 14.2. The predicted molar refractivity (Wildman–Crippen MR) is 85.0 cm³/mol. The maximum Gasteiger partial charge on any atom is 0.496 e. The Morgan fingerprint density at radius 3 is 2.36 bits per heavy atom. The summed E-state index contributed by atoms with van der Waals surface area (Å²) < 4.78 is 16.9. The van der Waals surface area contributed by atoms with Gasteiger partial charge in [-0.15, -0.1) is 0 Å². The van der Waals surface area contributed by atoms with Crippen LogP contribution in [0.15, 0.2) is 12.1 Å². The van der Waals surface area contributed by atoms with E-state index in [1.807, 2.05) is 46.8 Å². The number of rotatable bonds is 4. The Morgan fingerprint density at radius 2 is 1.82 bits per heavy atom. The molecular weight excluding hydrogens is 281 g/mol. The molecule has 120 valence electrons. The molecule has 0 unspecified atom stereocenters. The minimum Gasteiger partial charge on any atom is -0.469 e. The minimum absolute atomic E-state index is 0.247. The Kier molecular flexibility index (Phi) is 4.63. The highest BCUT2D eigenvalue weighted by Gasteiger charge is 2.52. The number of nitrogens with zero attached hydrogens (tertiary/aromatic N) is 1. The van der Waals surface area contributed by atoms with Gasteiger partial charge in [-0.25, -0.2) is 0 Å². The first kappa shape index (κ1) is 17.0. The van der Waals surface area contributed by atoms with Crippen molar-refractivity contribution in [2.24, 2.45) is 0 Å². The fraction of sp³-hybridized carbons (Fsp3) is 0.625. The molecule has 0 bridgehead atoms. The standard InChI is InChI=1S/C16H24BNO4/c1-11-7-8-12(13(18-11)9-10-14(19)20-6)17-21-15(2,3)16(4,5)22-17/h7-8H,9-10H2,1-6H3. The van der Waals surface area contributed by atoms with Gasteiger partial charge in [-0.05, 0) is 47.1 Å². The van der Waals surface area contributed by atoms with E-state index < -0.39 is 18.3 Å². The summed E-state index contributed by atoms with van der Waals surface area (Å²) in [5.41, 5.74) is 1.81. The van der Waals surface area contributed by atoms with Crippen molar-refractivity contribution in [2.75, 3.05) is 7.11 Å². The van der Waals surface area contributed by atoms with Gasteiger partial charge < -0.3 is 14.0 Å². The molecule has 1 aromatic rings. The molecule has 1 aromatic heterocycles. The average Bonchev–Trinajstić information content (AvgIpc) is 2.64. The molecule has 2 rings (SSSR count). The molecule has 0 aliphatic carbocycles. The van der Waals surface area contributed by atoms with Crippen LogP contribution in [-0.2, 0) is 25.3 Å². The largest absolute Gasteiger partial charge is 0.496 e. The van der Waals surface area contributed by atoms with E-state index in [4.69, 9.17) is 14.0 Å². The SMILES string of the molecule is COC(=O)CCc1nc(C)ccc1B1OC(C)(C)C(C)(C)O1. The number of methoxy groups -OCH3 is 1. The van der Waals surface area contributed by atoms with Crippen LogP contribution in [0.3, 0.4) is 0 Å². The van der Waals surface area contributed by atoms with Crippen molar-refractivity contribution in [2.45, 2.75) is 58.7 Å².